The summed E-state index contributed by atoms with van der Waals surface area (Å²) in [4.78, 5) is 18.9. The van der Waals surface area contributed by atoms with E-state index in [4.69, 9.17) is 0 Å². The van der Waals surface area contributed by atoms with Crippen molar-refractivity contribution < 1.29 is 4.79 Å². The Morgan fingerprint density at radius 2 is 2.35 bits per heavy atom. The van der Waals surface area contributed by atoms with Gasteiger partial charge in [-0.2, -0.15) is 0 Å². The monoisotopic (exact) mass is 234 g/mol. The molecule has 92 valence electrons. The molecule has 3 rings (SSSR count). The Morgan fingerprint density at radius 3 is 3.06 bits per heavy atom. The highest BCUT2D eigenvalue weighted by molar-refractivity contribution is 5.82. The average Bonchev–Trinajstić information content (AvgIpc) is 2.82. The van der Waals surface area contributed by atoms with E-state index in [2.05, 4.69) is 20.6 Å². The first-order valence-corrected chi connectivity index (χ1v) is 6.26. The third-order valence-corrected chi connectivity index (χ3v) is 4.11. The number of aromatic amines is 1. The summed E-state index contributed by atoms with van der Waals surface area (Å²) >= 11 is 0. The molecule has 1 atom stereocenters. The molecular weight excluding hydrogens is 216 g/mol. The number of hydrogen-bond acceptors (Lipinski definition) is 3. The molecule has 1 saturated carbocycles. The summed E-state index contributed by atoms with van der Waals surface area (Å²) in [5.74, 6) is 0.453. The molecule has 1 unspecified atom stereocenters. The first-order chi connectivity index (χ1) is 8.30. The minimum absolute atomic E-state index is 0.210. The molecule has 2 heterocycles. The summed E-state index contributed by atoms with van der Waals surface area (Å²) in [6.07, 6.45) is 6.74. The van der Waals surface area contributed by atoms with Crippen molar-refractivity contribution in [1.82, 2.24) is 20.6 Å². The molecule has 2 aliphatic rings. The fourth-order valence-corrected chi connectivity index (χ4v) is 2.88. The van der Waals surface area contributed by atoms with Crippen LogP contribution in [0.15, 0.2) is 12.5 Å². The number of carbonyl (C=O) groups is 1. The topological polar surface area (TPSA) is 69.8 Å². The first kappa shape index (κ1) is 10.8. The Labute approximate surface area is 100 Å². The maximum Gasteiger partial charge on any atom is 0.224 e. The molecule has 1 aliphatic heterocycles. The van der Waals surface area contributed by atoms with Gasteiger partial charge < -0.3 is 15.6 Å². The second kappa shape index (κ2) is 4.14. The molecule has 1 amide bonds. The van der Waals surface area contributed by atoms with Gasteiger partial charge in [0.2, 0.25) is 5.91 Å². The molecule has 0 bridgehead atoms. The van der Waals surface area contributed by atoms with Gasteiger partial charge in [0, 0.05) is 12.1 Å². The molecule has 0 radical (unpaired) electrons. The van der Waals surface area contributed by atoms with Gasteiger partial charge in [-0.1, -0.05) is 0 Å². The molecule has 17 heavy (non-hydrogen) atoms. The van der Waals surface area contributed by atoms with Crippen molar-refractivity contribution in [3.05, 3.63) is 18.2 Å². The first-order valence-electron chi connectivity index (χ1n) is 6.26. The summed E-state index contributed by atoms with van der Waals surface area (Å²) in [6.45, 7) is 2.68. The molecule has 0 aromatic carbocycles. The Bertz CT molecular complexity index is 395. The highest BCUT2D eigenvalue weighted by atomic mass is 16.2. The number of H-pyrrole nitrogens is 1. The maximum absolute atomic E-state index is 12.0. The smallest absolute Gasteiger partial charge is 0.224 e. The molecule has 5 heteroatoms. The van der Waals surface area contributed by atoms with Crippen LogP contribution in [-0.4, -0.2) is 29.0 Å². The van der Waals surface area contributed by atoms with E-state index in [9.17, 15) is 4.79 Å². The highest BCUT2D eigenvalue weighted by Gasteiger charge is 2.57. The summed E-state index contributed by atoms with van der Waals surface area (Å²) in [6, 6.07) is 0. The zero-order chi connectivity index (χ0) is 11.7. The lowest BCUT2D eigenvalue weighted by Gasteiger charge is -2.23. The number of nitrogens with zero attached hydrogens (tertiary/aromatic N) is 1. The van der Waals surface area contributed by atoms with Crippen molar-refractivity contribution in [3.8, 4) is 0 Å². The molecular formula is C12H18N4O. The van der Waals surface area contributed by atoms with Crippen LogP contribution in [0.5, 0.6) is 0 Å². The van der Waals surface area contributed by atoms with Crippen LogP contribution in [0.2, 0.25) is 0 Å². The largest absolute Gasteiger partial charge is 0.350 e. The minimum Gasteiger partial charge on any atom is -0.350 e. The van der Waals surface area contributed by atoms with Crippen molar-refractivity contribution in [3.63, 3.8) is 0 Å². The van der Waals surface area contributed by atoms with Gasteiger partial charge in [0.1, 0.15) is 0 Å². The van der Waals surface area contributed by atoms with Crippen molar-refractivity contribution in [2.45, 2.75) is 25.8 Å². The van der Waals surface area contributed by atoms with Crippen LogP contribution in [-0.2, 0) is 11.3 Å². The Kier molecular flexibility index (Phi) is 2.63. The van der Waals surface area contributed by atoms with Gasteiger partial charge in [-0.3, -0.25) is 4.79 Å². The molecule has 1 aromatic heterocycles. The number of piperidine rings is 1. The van der Waals surface area contributed by atoms with Crippen LogP contribution in [0.1, 0.15) is 25.0 Å². The van der Waals surface area contributed by atoms with Crippen molar-refractivity contribution in [2.75, 3.05) is 13.1 Å². The standard InChI is InChI=1S/C12H18N4O/c17-11(15-7-9-6-14-8-16-9)10-5-12(10)1-3-13-4-2-12/h6,8,10,13H,1-5,7H2,(H,14,16)(H,15,17). The molecule has 1 spiro atoms. The van der Waals surface area contributed by atoms with E-state index in [-0.39, 0.29) is 11.8 Å². The maximum atomic E-state index is 12.0. The average molecular weight is 234 g/mol. The zero-order valence-corrected chi connectivity index (χ0v) is 9.83. The fraction of sp³-hybridized carbons (Fsp3) is 0.667. The fourth-order valence-electron chi connectivity index (χ4n) is 2.88. The minimum atomic E-state index is 0.210. The lowest BCUT2D eigenvalue weighted by atomic mass is 9.92. The van der Waals surface area contributed by atoms with Crippen LogP contribution in [0.3, 0.4) is 0 Å². The van der Waals surface area contributed by atoms with Crippen LogP contribution >= 0.6 is 0 Å². The van der Waals surface area contributed by atoms with Gasteiger partial charge in [0.05, 0.1) is 18.6 Å². The van der Waals surface area contributed by atoms with E-state index in [0.717, 1.165) is 38.0 Å². The molecule has 5 nitrogen and oxygen atoms in total. The number of carbonyl (C=O) groups excluding carboxylic acids is 1. The molecule has 1 aromatic rings. The van der Waals surface area contributed by atoms with Gasteiger partial charge >= 0.3 is 0 Å². The van der Waals surface area contributed by atoms with E-state index in [0.29, 0.717) is 12.0 Å². The van der Waals surface area contributed by atoms with E-state index in [1.165, 1.54) is 0 Å². The lowest BCUT2D eigenvalue weighted by Crippen LogP contribution is -2.33. The van der Waals surface area contributed by atoms with E-state index >= 15 is 0 Å². The second-order valence-corrected chi connectivity index (χ2v) is 5.16. The zero-order valence-electron chi connectivity index (χ0n) is 9.83. The van der Waals surface area contributed by atoms with Gasteiger partial charge in [-0.15, -0.1) is 0 Å². The number of aromatic nitrogens is 2. The van der Waals surface area contributed by atoms with E-state index in [1.807, 2.05) is 0 Å². The van der Waals surface area contributed by atoms with Gasteiger partial charge in [0.15, 0.2) is 0 Å². The number of amides is 1. The lowest BCUT2D eigenvalue weighted by molar-refractivity contribution is -0.123. The number of imidazole rings is 1. The molecule has 3 N–H and O–H groups in total. The summed E-state index contributed by atoms with van der Waals surface area (Å²) in [7, 11) is 0. The van der Waals surface area contributed by atoms with Crippen molar-refractivity contribution >= 4 is 5.91 Å². The third-order valence-electron chi connectivity index (χ3n) is 4.11. The second-order valence-electron chi connectivity index (χ2n) is 5.16. The predicted octanol–water partition coefficient (Wildman–Crippen LogP) is 0.416. The summed E-state index contributed by atoms with van der Waals surface area (Å²) < 4.78 is 0. The molecule has 1 saturated heterocycles. The molecule has 2 fully saturated rings. The van der Waals surface area contributed by atoms with Gasteiger partial charge in [-0.05, 0) is 37.8 Å². The normalized spacial score (nSPS) is 25.8. The Balaban J connectivity index is 1.51. The quantitative estimate of drug-likeness (QED) is 0.709. The number of rotatable bonds is 3. The van der Waals surface area contributed by atoms with Crippen LogP contribution in [0.25, 0.3) is 0 Å². The molecule has 1 aliphatic carbocycles. The predicted molar refractivity (Wildman–Crippen MR) is 63.1 cm³/mol. The third kappa shape index (κ3) is 2.07. The van der Waals surface area contributed by atoms with Crippen LogP contribution in [0.4, 0.5) is 0 Å². The van der Waals surface area contributed by atoms with E-state index in [1.54, 1.807) is 12.5 Å². The van der Waals surface area contributed by atoms with Crippen LogP contribution in [0, 0.1) is 11.3 Å². The van der Waals surface area contributed by atoms with Crippen LogP contribution < -0.4 is 10.6 Å². The number of hydrogen-bond donors (Lipinski definition) is 3. The number of nitrogens with one attached hydrogen (secondary N) is 3. The summed E-state index contributed by atoms with van der Waals surface area (Å²) in [5, 5.41) is 6.34. The summed E-state index contributed by atoms with van der Waals surface area (Å²) in [5.41, 5.74) is 1.28. The SMILES string of the molecule is O=C(NCc1cnc[nH]1)C1CC12CCNCC2. The highest BCUT2D eigenvalue weighted by Crippen LogP contribution is 2.58. The van der Waals surface area contributed by atoms with Gasteiger partial charge in [-0.25, -0.2) is 4.98 Å². The van der Waals surface area contributed by atoms with Gasteiger partial charge in [0.25, 0.3) is 0 Å². The van der Waals surface area contributed by atoms with E-state index < -0.39 is 0 Å². The Morgan fingerprint density at radius 1 is 1.53 bits per heavy atom. The van der Waals surface area contributed by atoms with Crippen molar-refractivity contribution in [2.24, 2.45) is 11.3 Å². The van der Waals surface area contributed by atoms with Crippen molar-refractivity contribution in [1.29, 1.82) is 0 Å². The Hall–Kier alpha value is -1.36.